The average Bonchev–Trinajstić information content (AvgIpc) is 2.93. The molecule has 0 atom stereocenters. The van der Waals surface area contributed by atoms with E-state index in [0.29, 0.717) is 0 Å². The lowest BCUT2D eigenvalue weighted by molar-refractivity contribution is 0.524. The quantitative estimate of drug-likeness (QED) is 0.209. The Morgan fingerprint density at radius 2 is 1.17 bits per heavy atom. The Morgan fingerprint density at radius 3 is 1.57 bits per heavy atom. The predicted octanol–water partition coefficient (Wildman–Crippen LogP) is 7.29. The highest BCUT2D eigenvalue weighted by Gasteiger charge is 1.95. The molecule has 0 amide bonds. The highest BCUT2D eigenvalue weighted by Crippen LogP contribution is 2.13. The van der Waals surface area contributed by atoms with Crippen LogP contribution in [0.25, 0.3) is 0 Å². The number of rotatable bonds is 15. The zero-order valence-corrected chi connectivity index (χ0v) is 17.9. The maximum absolute atomic E-state index is 4.26. The zero-order valence-electron chi connectivity index (χ0n) is 15.6. The summed E-state index contributed by atoms with van der Waals surface area (Å²) in [4.78, 5) is 4.26. The topological polar surface area (TPSA) is 17.8 Å². The molecular weight excluding hydrogens is 395 g/mol. The van der Waals surface area contributed by atoms with E-state index in [4.69, 9.17) is 0 Å². The summed E-state index contributed by atoms with van der Waals surface area (Å²) >= 11 is 0. The summed E-state index contributed by atoms with van der Waals surface area (Å²) in [5.41, 5.74) is 1.13. The molecule has 0 fully saturated rings. The molecule has 0 spiro atoms. The van der Waals surface area contributed by atoms with Crippen LogP contribution in [0.3, 0.4) is 0 Å². The Bertz CT molecular complexity index is 349. The van der Waals surface area contributed by atoms with Crippen LogP contribution in [-0.2, 0) is 6.54 Å². The number of imidazole rings is 1. The molecule has 0 aliphatic heterocycles. The van der Waals surface area contributed by atoms with Gasteiger partial charge in [0.2, 0.25) is 0 Å². The lowest BCUT2D eigenvalue weighted by Gasteiger charge is -2.04. The SMILES string of the molecule is CCCCCCCCCCCCCCCCn1cnc(C)c1.I. The third-order valence-electron chi connectivity index (χ3n) is 4.53. The minimum atomic E-state index is 0. The average molecular weight is 434 g/mol. The van der Waals surface area contributed by atoms with Crippen molar-refractivity contribution in [3.8, 4) is 0 Å². The Morgan fingerprint density at radius 1 is 0.739 bits per heavy atom. The maximum Gasteiger partial charge on any atom is 0.0949 e. The molecule has 0 aromatic carbocycles. The molecule has 1 heterocycles. The lowest BCUT2D eigenvalue weighted by atomic mass is 10.0. The van der Waals surface area contributed by atoms with E-state index < -0.39 is 0 Å². The number of hydrogen-bond acceptors (Lipinski definition) is 1. The van der Waals surface area contributed by atoms with Crippen LogP contribution >= 0.6 is 24.0 Å². The van der Waals surface area contributed by atoms with Crippen molar-refractivity contribution < 1.29 is 0 Å². The Labute approximate surface area is 161 Å². The fraction of sp³-hybridized carbons (Fsp3) is 0.850. The predicted molar refractivity (Wildman–Crippen MR) is 113 cm³/mol. The summed E-state index contributed by atoms with van der Waals surface area (Å²) in [7, 11) is 0. The zero-order chi connectivity index (χ0) is 15.9. The number of nitrogens with zero attached hydrogens (tertiary/aromatic N) is 2. The molecule has 0 radical (unpaired) electrons. The summed E-state index contributed by atoms with van der Waals surface area (Å²) in [6.45, 7) is 5.49. The van der Waals surface area contributed by atoms with E-state index in [-0.39, 0.29) is 24.0 Å². The van der Waals surface area contributed by atoms with Crippen LogP contribution in [0.4, 0.5) is 0 Å². The Hall–Kier alpha value is -0.0600. The molecule has 23 heavy (non-hydrogen) atoms. The van der Waals surface area contributed by atoms with Crippen molar-refractivity contribution in [2.75, 3.05) is 0 Å². The number of hydrogen-bond donors (Lipinski definition) is 0. The van der Waals surface area contributed by atoms with Gasteiger partial charge in [0.1, 0.15) is 0 Å². The summed E-state index contributed by atoms with van der Waals surface area (Å²) in [5.74, 6) is 0. The largest absolute Gasteiger partial charge is 0.337 e. The van der Waals surface area contributed by atoms with Gasteiger partial charge in [-0.3, -0.25) is 0 Å². The van der Waals surface area contributed by atoms with Crippen LogP contribution < -0.4 is 0 Å². The van der Waals surface area contributed by atoms with Crippen LogP contribution in [0.15, 0.2) is 12.5 Å². The van der Waals surface area contributed by atoms with Crippen molar-refractivity contribution in [1.29, 1.82) is 0 Å². The molecule has 0 N–H and O–H groups in total. The first kappa shape index (κ1) is 22.9. The molecular formula is C20H39IN2. The fourth-order valence-electron chi connectivity index (χ4n) is 3.08. The first-order chi connectivity index (χ1) is 10.8. The van der Waals surface area contributed by atoms with E-state index in [1.165, 1.54) is 89.9 Å². The van der Waals surface area contributed by atoms with Crippen LogP contribution in [0, 0.1) is 6.92 Å². The van der Waals surface area contributed by atoms with Gasteiger partial charge >= 0.3 is 0 Å². The molecule has 3 heteroatoms. The summed E-state index contributed by atoms with van der Waals surface area (Å²) < 4.78 is 2.22. The van der Waals surface area contributed by atoms with Gasteiger partial charge in [0.15, 0.2) is 0 Å². The van der Waals surface area contributed by atoms with Gasteiger partial charge in [-0.05, 0) is 13.3 Å². The van der Waals surface area contributed by atoms with Crippen LogP contribution in [-0.4, -0.2) is 9.55 Å². The van der Waals surface area contributed by atoms with Crippen molar-refractivity contribution in [2.24, 2.45) is 0 Å². The molecule has 0 saturated carbocycles. The Balaban J connectivity index is 0.00000484. The van der Waals surface area contributed by atoms with Crippen molar-refractivity contribution >= 4 is 24.0 Å². The summed E-state index contributed by atoms with van der Waals surface area (Å²) in [6.07, 6.45) is 24.1. The third kappa shape index (κ3) is 14.0. The molecule has 2 nitrogen and oxygen atoms in total. The van der Waals surface area contributed by atoms with Crippen molar-refractivity contribution in [1.82, 2.24) is 9.55 Å². The fourth-order valence-corrected chi connectivity index (χ4v) is 3.08. The standard InChI is InChI=1S/C20H38N2.HI/c1-3-4-5-6-7-8-9-10-11-12-13-14-15-16-17-22-18-20(2)21-19-22;/h18-19H,3-17H2,1-2H3;1H. The molecule has 0 aliphatic rings. The molecule has 1 aromatic heterocycles. The lowest BCUT2D eigenvalue weighted by Crippen LogP contribution is -1.94. The summed E-state index contributed by atoms with van der Waals surface area (Å²) in [5, 5.41) is 0. The highest BCUT2D eigenvalue weighted by molar-refractivity contribution is 14.0. The molecule has 0 bridgehead atoms. The monoisotopic (exact) mass is 434 g/mol. The second-order valence-electron chi connectivity index (χ2n) is 6.85. The third-order valence-corrected chi connectivity index (χ3v) is 4.53. The first-order valence-electron chi connectivity index (χ1n) is 9.81. The van der Waals surface area contributed by atoms with Gasteiger partial charge in [-0.1, -0.05) is 90.4 Å². The van der Waals surface area contributed by atoms with Gasteiger partial charge in [-0.25, -0.2) is 4.98 Å². The smallest absolute Gasteiger partial charge is 0.0949 e. The molecule has 0 aliphatic carbocycles. The number of aryl methyl sites for hydroxylation is 2. The van der Waals surface area contributed by atoms with Gasteiger partial charge in [-0.15, -0.1) is 24.0 Å². The van der Waals surface area contributed by atoms with E-state index in [2.05, 4.69) is 29.6 Å². The second-order valence-corrected chi connectivity index (χ2v) is 6.85. The van der Waals surface area contributed by atoms with E-state index in [1.807, 2.05) is 6.33 Å². The van der Waals surface area contributed by atoms with Gasteiger partial charge < -0.3 is 4.57 Å². The van der Waals surface area contributed by atoms with Gasteiger partial charge in [-0.2, -0.15) is 0 Å². The highest BCUT2D eigenvalue weighted by atomic mass is 127. The van der Waals surface area contributed by atoms with E-state index in [1.54, 1.807) is 0 Å². The van der Waals surface area contributed by atoms with E-state index in [9.17, 15) is 0 Å². The minimum absolute atomic E-state index is 0. The van der Waals surface area contributed by atoms with Crippen LogP contribution in [0.1, 0.15) is 103 Å². The first-order valence-corrected chi connectivity index (χ1v) is 9.81. The number of unbranched alkanes of at least 4 members (excludes halogenated alkanes) is 13. The Kier molecular flexibility index (Phi) is 16.7. The minimum Gasteiger partial charge on any atom is -0.337 e. The van der Waals surface area contributed by atoms with Gasteiger partial charge in [0, 0.05) is 12.7 Å². The molecule has 0 saturated heterocycles. The molecule has 0 unspecified atom stereocenters. The van der Waals surface area contributed by atoms with Crippen LogP contribution in [0.2, 0.25) is 0 Å². The van der Waals surface area contributed by atoms with Crippen molar-refractivity contribution in [2.45, 2.75) is 110 Å². The maximum atomic E-state index is 4.26. The van der Waals surface area contributed by atoms with Crippen LogP contribution in [0.5, 0.6) is 0 Å². The summed E-state index contributed by atoms with van der Waals surface area (Å²) in [6, 6.07) is 0. The van der Waals surface area contributed by atoms with Gasteiger partial charge in [0.05, 0.1) is 12.0 Å². The number of aromatic nitrogens is 2. The number of halogens is 1. The molecule has 1 aromatic rings. The molecule has 136 valence electrons. The van der Waals surface area contributed by atoms with Crippen molar-refractivity contribution in [3.63, 3.8) is 0 Å². The van der Waals surface area contributed by atoms with Gasteiger partial charge in [0.25, 0.3) is 0 Å². The van der Waals surface area contributed by atoms with Crippen molar-refractivity contribution in [3.05, 3.63) is 18.2 Å². The van der Waals surface area contributed by atoms with E-state index >= 15 is 0 Å². The molecule has 1 rings (SSSR count). The van der Waals surface area contributed by atoms with E-state index in [0.717, 1.165) is 12.2 Å². The second kappa shape index (κ2) is 16.8. The normalized spacial score (nSPS) is 10.7.